The van der Waals surface area contributed by atoms with Crippen molar-refractivity contribution in [1.29, 1.82) is 0 Å². The van der Waals surface area contributed by atoms with Gasteiger partial charge in [-0.1, -0.05) is 0 Å². The van der Waals surface area contributed by atoms with Crippen LogP contribution in [0.2, 0.25) is 0 Å². The van der Waals surface area contributed by atoms with E-state index in [1.165, 1.54) is 26.2 Å². The summed E-state index contributed by atoms with van der Waals surface area (Å²) in [6.45, 7) is 1.31. The summed E-state index contributed by atoms with van der Waals surface area (Å²) < 4.78 is 30.5. The van der Waals surface area contributed by atoms with E-state index in [4.69, 9.17) is 14.2 Å². The van der Waals surface area contributed by atoms with Crippen LogP contribution in [-0.4, -0.2) is 25.1 Å². The average Bonchev–Trinajstić information content (AvgIpc) is 2.62. The van der Waals surface area contributed by atoms with E-state index in [1.54, 1.807) is 37.6 Å². The second kappa shape index (κ2) is 7.26. The Labute approximate surface area is 149 Å². The number of amides is 1. The lowest BCUT2D eigenvalue weighted by Crippen LogP contribution is -2.07. The van der Waals surface area contributed by atoms with Crippen molar-refractivity contribution in [2.45, 2.75) is 6.92 Å². The fraction of sp³-hybridized carbons (Fsp3) is 0.158. The van der Waals surface area contributed by atoms with Gasteiger partial charge in [-0.2, -0.15) is 0 Å². The van der Waals surface area contributed by atoms with Gasteiger partial charge in [0.25, 0.3) is 0 Å². The Kier molecular flexibility index (Phi) is 4.88. The Morgan fingerprint density at radius 3 is 2.42 bits per heavy atom. The molecule has 1 N–H and O–H groups in total. The first kappa shape index (κ1) is 17.5. The van der Waals surface area contributed by atoms with Crippen molar-refractivity contribution >= 4 is 22.5 Å². The molecule has 134 valence electrons. The second-order valence-electron chi connectivity index (χ2n) is 5.46. The highest BCUT2D eigenvalue weighted by atomic mass is 19.1. The molecule has 0 fully saturated rings. The molecule has 0 saturated heterocycles. The molecular formula is C19H17FN2O4. The molecule has 1 amide bonds. The molecule has 0 radical (unpaired) electrons. The Morgan fingerprint density at radius 2 is 1.77 bits per heavy atom. The molecule has 6 nitrogen and oxygen atoms in total. The smallest absolute Gasteiger partial charge is 0.221 e. The molecule has 0 aliphatic heterocycles. The van der Waals surface area contributed by atoms with E-state index >= 15 is 0 Å². The van der Waals surface area contributed by atoms with E-state index in [9.17, 15) is 9.18 Å². The highest BCUT2D eigenvalue weighted by Gasteiger charge is 2.12. The minimum absolute atomic E-state index is 0.0934. The van der Waals surface area contributed by atoms with Crippen LogP contribution < -0.4 is 19.5 Å². The number of anilines is 1. The van der Waals surface area contributed by atoms with Crippen LogP contribution in [0.5, 0.6) is 23.0 Å². The number of ether oxygens (including phenoxy) is 3. The van der Waals surface area contributed by atoms with Crippen LogP contribution in [0.4, 0.5) is 10.1 Å². The van der Waals surface area contributed by atoms with Gasteiger partial charge >= 0.3 is 0 Å². The van der Waals surface area contributed by atoms with Crippen molar-refractivity contribution in [3.05, 3.63) is 48.4 Å². The van der Waals surface area contributed by atoms with Crippen LogP contribution >= 0.6 is 0 Å². The number of nitrogens with zero attached hydrogens (tertiary/aromatic N) is 1. The molecule has 1 aromatic heterocycles. The van der Waals surface area contributed by atoms with Gasteiger partial charge in [-0.15, -0.1) is 0 Å². The number of aromatic nitrogens is 1. The number of carbonyl (C=O) groups is 1. The lowest BCUT2D eigenvalue weighted by molar-refractivity contribution is -0.114. The molecule has 0 bridgehead atoms. The zero-order chi connectivity index (χ0) is 18.7. The molecule has 7 heteroatoms. The molecule has 3 aromatic rings. The maximum Gasteiger partial charge on any atom is 0.221 e. The number of hydrogen-bond donors (Lipinski definition) is 1. The molecule has 0 aliphatic carbocycles. The van der Waals surface area contributed by atoms with Gasteiger partial charge in [-0.3, -0.25) is 9.78 Å². The lowest BCUT2D eigenvalue weighted by Gasteiger charge is -2.13. The SMILES string of the molecule is COc1cc2nccc(Oc3ccc(NC(C)=O)c(F)c3)c2cc1OC. The molecule has 0 saturated carbocycles. The van der Waals surface area contributed by atoms with Crippen molar-refractivity contribution in [1.82, 2.24) is 4.98 Å². The van der Waals surface area contributed by atoms with Crippen LogP contribution in [0.3, 0.4) is 0 Å². The summed E-state index contributed by atoms with van der Waals surface area (Å²) >= 11 is 0. The number of rotatable bonds is 5. The number of fused-ring (bicyclic) bond motifs is 1. The summed E-state index contributed by atoms with van der Waals surface area (Å²) in [4.78, 5) is 15.4. The largest absolute Gasteiger partial charge is 0.493 e. The average molecular weight is 356 g/mol. The van der Waals surface area contributed by atoms with E-state index in [-0.39, 0.29) is 11.6 Å². The first-order chi connectivity index (χ1) is 12.5. The Hall–Kier alpha value is -3.35. The molecule has 2 aromatic carbocycles. The summed E-state index contributed by atoms with van der Waals surface area (Å²) in [7, 11) is 3.08. The molecule has 3 rings (SSSR count). The van der Waals surface area contributed by atoms with E-state index < -0.39 is 5.82 Å². The lowest BCUT2D eigenvalue weighted by atomic mass is 10.2. The van der Waals surface area contributed by atoms with Gasteiger partial charge in [0.1, 0.15) is 17.3 Å². The van der Waals surface area contributed by atoms with E-state index in [0.29, 0.717) is 33.9 Å². The van der Waals surface area contributed by atoms with Gasteiger partial charge in [-0.25, -0.2) is 4.39 Å². The van der Waals surface area contributed by atoms with Crippen molar-refractivity contribution in [2.75, 3.05) is 19.5 Å². The van der Waals surface area contributed by atoms with E-state index in [2.05, 4.69) is 10.3 Å². The minimum atomic E-state index is -0.588. The van der Waals surface area contributed by atoms with Crippen molar-refractivity contribution in [3.63, 3.8) is 0 Å². The third kappa shape index (κ3) is 3.51. The Bertz CT molecular complexity index is 975. The van der Waals surface area contributed by atoms with Crippen LogP contribution in [0, 0.1) is 5.82 Å². The highest BCUT2D eigenvalue weighted by Crippen LogP contribution is 2.37. The number of benzene rings is 2. The normalized spacial score (nSPS) is 10.5. The summed E-state index contributed by atoms with van der Waals surface area (Å²) in [6, 6.07) is 9.38. The maximum atomic E-state index is 14.1. The van der Waals surface area contributed by atoms with Crippen molar-refractivity contribution < 1.29 is 23.4 Å². The highest BCUT2D eigenvalue weighted by molar-refractivity contribution is 5.89. The zero-order valence-corrected chi connectivity index (χ0v) is 14.5. The number of nitrogens with one attached hydrogen (secondary N) is 1. The molecule has 0 unspecified atom stereocenters. The summed E-state index contributed by atoms with van der Waals surface area (Å²) in [6.07, 6.45) is 1.59. The molecule has 0 spiro atoms. The van der Waals surface area contributed by atoms with Crippen LogP contribution in [-0.2, 0) is 4.79 Å². The van der Waals surface area contributed by atoms with Crippen molar-refractivity contribution in [2.24, 2.45) is 0 Å². The standard InChI is InChI=1S/C19H17FN2O4/c1-11(23)22-15-5-4-12(8-14(15)20)26-17-6-7-21-16-10-19(25-3)18(24-2)9-13(16)17/h4-10H,1-3H3,(H,22,23). The topological polar surface area (TPSA) is 69.7 Å². The Balaban J connectivity index is 1.98. The van der Waals surface area contributed by atoms with Gasteiger partial charge in [0.05, 0.1) is 25.4 Å². The Morgan fingerprint density at radius 1 is 1.04 bits per heavy atom. The molecular weight excluding hydrogens is 339 g/mol. The summed E-state index contributed by atoms with van der Waals surface area (Å²) in [5.41, 5.74) is 0.742. The zero-order valence-electron chi connectivity index (χ0n) is 14.5. The summed E-state index contributed by atoms with van der Waals surface area (Å²) in [5.74, 6) is 0.927. The van der Waals surface area contributed by atoms with E-state index in [1.807, 2.05) is 0 Å². The fourth-order valence-electron chi connectivity index (χ4n) is 2.51. The van der Waals surface area contributed by atoms with E-state index in [0.717, 1.165) is 0 Å². The second-order valence-corrected chi connectivity index (χ2v) is 5.46. The monoisotopic (exact) mass is 356 g/mol. The van der Waals surface area contributed by atoms with Gasteiger partial charge in [0.15, 0.2) is 11.5 Å². The number of halogens is 1. The molecule has 0 atom stereocenters. The molecule has 1 heterocycles. The number of carbonyl (C=O) groups excluding carboxylic acids is 1. The van der Waals surface area contributed by atoms with Gasteiger partial charge in [0.2, 0.25) is 5.91 Å². The number of methoxy groups -OCH3 is 2. The molecule has 26 heavy (non-hydrogen) atoms. The third-order valence-electron chi connectivity index (χ3n) is 3.69. The van der Waals surface area contributed by atoms with Gasteiger partial charge in [-0.05, 0) is 24.3 Å². The third-order valence-corrected chi connectivity index (χ3v) is 3.69. The first-order valence-electron chi connectivity index (χ1n) is 7.77. The first-order valence-corrected chi connectivity index (χ1v) is 7.77. The molecule has 0 aliphatic rings. The van der Waals surface area contributed by atoms with Crippen molar-refractivity contribution in [3.8, 4) is 23.0 Å². The minimum Gasteiger partial charge on any atom is -0.493 e. The van der Waals surface area contributed by atoms with Gasteiger partial charge < -0.3 is 19.5 Å². The van der Waals surface area contributed by atoms with Crippen LogP contribution in [0.1, 0.15) is 6.92 Å². The maximum absolute atomic E-state index is 14.1. The summed E-state index contributed by atoms with van der Waals surface area (Å²) in [5, 5.41) is 3.10. The van der Waals surface area contributed by atoms with Crippen LogP contribution in [0.25, 0.3) is 10.9 Å². The van der Waals surface area contributed by atoms with Crippen LogP contribution in [0.15, 0.2) is 42.6 Å². The fourth-order valence-corrected chi connectivity index (χ4v) is 2.51. The predicted octanol–water partition coefficient (Wildman–Crippen LogP) is 4.14. The van der Waals surface area contributed by atoms with Gasteiger partial charge in [0, 0.05) is 30.6 Å². The number of pyridine rings is 1. The quantitative estimate of drug-likeness (QED) is 0.744. The number of hydrogen-bond acceptors (Lipinski definition) is 5. The predicted molar refractivity (Wildman–Crippen MR) is 95.6 cm³/mol.